The second-order valence-electron chi connectivity index (χ2n) is 5.42. The number of hydrogen-bond acceptors (Lipinski definition) is 3. The quantitative estimate of drug-likeness (QED) is 0.797. The molecule has 116 valence electrons. The normalized spacial score (nSPS) is 19.7. The number of amides is 2. The van der Waals surface area contributed by atoms with Crippen molar-refractivity contribution >= 4 is 6.03 Å². The van der Waals surface area contributed by atoms with Crippen LogP contribution in [0.4, 0.5) is 9.18 Å². The third-order valence-electron chi connectivity index (χ3n) is 3.71. The molecule has 0 bridgehead atoms. The van der Waals surface area contributed by atoms with Gasteiger partial charge in [0.1, 0.15) is 5.82 Å². The van der Waals surface area contributed by atoms with Gasteiger partial charge in [0.15, 0.2) is 0 Å². The van der Waals surface area contributed by atoms with Crippen LogP contribution in [0.1, 0.15) is 24.3 Å². The van der Waals surface area contributed by atoms with Gasteiger partial charge in [0.05, 0.1) is 6.20 Å². The lowest BCUT2D eigenvalue weighted by atomic mass is 10.1. The van der Waals surface area contributed by atoms with Gasteiger partial charge in [-0.3, -0.25) is 4.68 Å². The molecule has 0 unspecified atom stereocenters. The smallest absolute Gasteiger partial charge is 0.315 e. The molecule has 2 N–H and O–H groups in total. The van der Waals surface area contributed by atoms with Crippen LogP contribution in [0.5, 0.6) is 0 Å². The lowest BCUT2D eigenvalue weighted by Gasteiger charge is -2.07. The highest BCUT2D eigenvalue weighted by atomic mass is 19.1. The van der Waals surface area contributed by atoms with Gasteiger partial charge in [-0.05, 0) is 30.5 Å². The molecule has 0 spiro atoms. The average Bonchev–Trinajstić information content (AvgIpc) is 3.06. The molecule has 22 heavy (non-hydrogen) atoms. The van der Waals surface area contributed by atoms with Crippen molar-refractivity contribution in [1.82, 2.24) is 25.6 Å². The molecule has 1 saturated carbocycles. The molecular weight excluding hydrogens is 285 g/mol. The number of halogens is 1. The van der Waals surface area contributed by atoms with Gasteiger partial charge < -0.3 is 10.6 Å². The van der Waals surface area contributed by atoms with Gasteiger partial charge in [0.25, 0.3) is 0 Å². The fourth-order valence-corrected chi connectivity index (χ4v) is 2.47. The van der Waals surface area contributed by atoms with Gasteiger partial charge in [-0.1, -0.05) is 17.3 Å². The van der Waals surface area contributed by atoms with Crippen molar-refractivity contribution in [3.05, 3.63) is 48.0 Å². The van der Waals surface area contributed by atoms with Crippen molar-refractivity contribution < 1.29 is 9.18 Å². The first kappa shape index (κ1) is 14.5. The number of urea groups is 1. The van der Waals surface area contributed by atoms with Crippen molar-refractivity contribution in [2.75, 3.05) is 6.54 Å². The Morgan fingerprint density at radius 1 is 1.45 bits per heavy atom. The summed E-state index contributed by atoms with van der Waals surface area (Å²) in [6.07, 6.45) is 5.05. The highest BCUT2D eigenvalue weighted by Gasteiger charge is 2.39. The first-order valence-corrected chi connectivity index (χ1v) is 7.36. The summed E-state index contributed by atoms with van der Waals surface area (Å²) in [5, 5.41) is 13.3. The third-order valence-corrected chi connectivity index (χ3v) is 3.71. The summed E-state index contributed by atoms with van der Waals surface area (Å²) in [5.74, 6) is -0.0164. The largest absolute Gasteiger partial charge is 0.338 e. The Labute approximate surface area is 127 Å². The maximum Gasteiger partial charge on any atom is 0.315 e. The van der Waals surface area contributed by atoms with E-state index in [-0.39, 0.29) is 23.8 Å². The zero-order valence-electron chi connectivity index (χ0n) is 12.1. The molecule has 1 heterocycles. The lowest BCUT2D eigenvalue weighted by Crippen LogP contribution is -2.38. The van der Waals surface area contributed by atoms with E-state index in [1.165, 1.54) is 12.1 Å². The third kappa shape index (κ3) is 3.81. The van der Waals surface area contributed by atoms with E-state index in [9.17, 15) is 9.18 Å². The lowest BCUT2D eigenvalue weighted by molar-refractivity contribution is 0.240. The van der Waals surface area contributed by atoms with E-state index in [0.29, 0.717) is 6.54 Å². The summed E-state index contributed by atoms with van der Waals surface area (Å²) in [4.78, 5) is 11.8. The highest BCUT2D eigenvalue weighted by Crippen LogP contribution is 2.40. The Morgan fingerprint density at radius 3 is 3.14 bits per heavy atom. The van der Waals surface area contributed by atoms with Crippen LogP contribution in [0, 0.1) is 5.82 Å². The van der Waals surface area contributed by atoms with Gasteiger partial charge in [-0.15, -0.1) is 5.10 Å². The number of rotatable bonds is 6. The van der Waals surface area contributed by atoms with E-state index in [1.807, 2.05) is 6.07 Å². The molecule has 6 nitrogen and oxygen atoms in total. The molecule has 2 atom stereocenters. The molecule has 1 aliphatic carbocycles. The molecule has 1 aromatic carbocycles. The Hall–Kier alpha value is -2.44. The summed E-state index contributed by atoms with van der Waals surface area (Å²) in [6.45, 7) is 1.29. The second kappa shape index (κ2) is 6.55. The number of nitrogens with one attached hydrogen (secondary N) is 2. The number of carbonyl (C=O) groups is 1. The minimum Gasteiger partial charge on any atom is -0.338 e. The summed E-state index contributed by atoms with van der Waals surface area (Å²) in [7, 11) is 0. The first-order valence-electron chi connectivity index (χ1n) is 7.36. The number of nitrogens with zero attached hydrogens (tertiary/aromatic N) is 3. The minimum absolute atomic E-state index is 0.0946. The van der Waals surface area contributed by atoms with Crippen molar-refractivity contribution in [3.8, 4) is 0 Å². The molecule has 0 radical (unpaired) electrons. The monoisotopic (exact) mass is 303 g/mol. The Kier molecular flexibility index (Phi) is 4.32. The maximum atomic E-state index is 13.2. The molecule has 0 aliphatic heterocycles. The van der Waals surface area contributed by atoms with E-state index >= 15 is 0 Å². The summed E-state index contributed by atoms with van der Waals surface area (Å²) in [5.41, 5.74) is 0.941. The van der Waals surface area contributed by atoms with E-state index in [4.69, 9.17) is 0 Å². The number of aromatic nitrogens is 3. The number of aryl methyl sites for hydroxylation is 1. The molecule has 2 aromatic rings. The fraction of sp³-hybridized carbons (Fsp3) is 0.400. The zero-order chi connectivity index (χ0) is 15.4. The SMILES string of the molecule is O=C(NCCCn1ccnn1)N[C@@H]1C[C@H]1c1cccc(F)c1. The van der Waals surface area contributed by atoms with E-state index in [2.05, 4.69) is 20.9 Å². The topological polar surface area (TPSA) is 71.8 Å². The molecule has 1 aliphatic rings. The standard InChI is InChI=1S/C15H18FN5O/c16-12-4-1-3-11(9-12)13-10-14(13)19-15(22)17-5-2-7-21-8-6-18-20-21/h1,3-4,6,8-9,13-14H,2,5,7,10H2,(H2,17,19,22)/t13-,14+/m0/s1. The van der Waals surface area contributed by atoms with Gasteiger partial charge in [-0.2, -0.15) is 0 Å². The summed E-state index contributed by atoms with van der Waals surface area (Å²) >= 11 is 0. The maximum absolute atomic E-state index is 13.2. The molecule has 3 rings (SSSR count). The Morgan fingerprint density at radius 2 is 2.36 bits per heavy atom. The average molecular weight is 303 g/mol. The van der Waals surface area contributed by atoms with Crippen LogP contribution in [-0.4, -0.2) is 33.6 Å². The van der Waals surface area contributed by atoms with Crippen LogP contribution in [0.3, 0.4) is 0 Å². The molecule has 7 heteroatoms. The van der Waals surface area contributed by atoms with Crippen molar-refractivity contribution in [1.29, 1.82) is 0 Å². The van der Waals surface area contributed by atoms with Crippen LogP contribution in [0.15, 0.2) is 36.7 Å². The molecule has 1 aromatic heterocycles. The van der Waals surface area contributed by atoms with Crippen LogP contribution >= 0.6 is 0 Å². The van der Waals surface area contributed by atoms with Gasteiger partial charge in [-0.25, -0.2) is 9.18 Å². The molecule has 2 amide bonds. The van der Waals surface area contributed by atoms with Gasteiger partial charge in [0, 0.05) is 31.2 Å². The second-order valence-corrected chi connectivity index (χ2v) is 5.42. The van der Waals surface area contributed by atoms with Crippen LogP contribution in [0.25, 0.3) is 0 Å². The predicted molar refractivity (Wildman–Crippen MR) is 78.7 cm³/mol. The van der Waals surface area contributed by atoms with Gasteiger partial charge in [0.2, 0.25) is 0 Å². The number of benzene rings is 1. The molecular formula is C15H18FN5O. The Bertz CT molecular complexity index is 631. The zero-order valence-corrected chi connectivity index (χ0v) is 12.1. The van der Waals surface area contributed by atoms with Crippen LogP contribution in [0.2, 0.25) is 0 Å². The minimum atomic E-state index is -0.235. The van der Waals surface area contributed by atoms with Crippen molar-refractivity contribution in [2.45, 2.75) is 31.3 Å². The molecule has 1 fully saturated rings. The Balaban J connectivity index is 1.35. The summed E-state index contributed by atoms with van der Waals surface area (Å²) < 4.78 is 14.9. The van der Waals surface area contributed by atoms with E-state index in [1.54, 1.807) is 23.1 Å². The number of hydrogen-bond donors (Lipinski definition) is 2. The van der Waals surface area contributed by atoms with E-state index in [0.717, 1.165) is 24.9 Å². The van der Waals surface area contributed by atoms with Crippen molar-refractivity contribution in [2.24, 2.45) is 0 Å². The van der Waals surface area contributed by atoms with Crippen molar-refractivity contribution in [3.63, 3.8) is 0 Å². The van der Waals surface area contributed by atoms with Crippen LogP contribution in [-0.2, 0) is 6.54 Å². The fourth-order valence-electron chi connectivity index (χ4n) is 2.47. The highest BCUT2D eigenvalue weighted by molar-refractivity contribution is 5.74. The predicted octanol–water partition coefficient (Wildman–Crippen LogP) is 1.66. The van der Waals surface area contributed by atoms with Gasteiger partial charge >= 0.3 is 6.03 Å². The van der Waals surface area contributed by atoms with E-state index < -0.39 is 0 Å². The summed E-state index contributed by atoms with van der Waals surface area (Å²) in [6, 6.07) is 6.47. The number of carbonyl (C=O) groups excluding carboxylic acids is 1. The first-order chi connectivity index (χ1) is 10.7. The van der Waals surface area contributed by atoms with Crippen LogP contribution < -0.4 is 10.6 Å². The molecule has 0 saturated heterocycles.